The molecule has 1 unspecified atom stereocenters. The van der Waals surface area contributed by atoms with Crippen molar-refractivity contribution < 1.29 is 10.4 Å². The van der Waals surface area contributed by atoms with Crippen molar-refractivity contribution in [3.8, 4) is 0 Å². The summed E-state index contributed by atoms with van der Waals surface area (Å²) in [5, 5.41) is 26.8. The average Bonchev–Trinajstić information content (AvgIpc) is 2.23. The summed E-state index contributed by atoms with van der Waals surface area (Å²) in [6, 6.07) is -0.0735. The molecule has 0 amide bonds. The molecule has 0 aliphatic carbocycles. The maximum Gasteiger partial charge on any atom is 0.0456 e. The fourth-order valence-electron chi connectivity index (χ4n) is 3.04. The van der Waals surface area contributed by atoms with Gasteiger partial charge in [0.05, 0.1) is 0 Å². The van der Waals surface area contributed by atoms with Crippen LogP contribution >= 0.6 is 0 Å². The smallest absolute Gasteiger partial charge is 0.0456 e. The van der Waals surface area contributed by atoms with Crippen molar-refractivity contribution in [3.63, 3.8) is 0 Å². The highest BCUT2D eigenvalue weighted by Crippen LogP contribution is 2.35. The molecule has 4 nitrogen and oxygen atoms in total. The maximum atomic E-state index is 12.3. The summed E-state index contributed by atoms with van der Waals surface area (Å²) in [6.07, 6.45) is 3.57. The molecular formula is C14H28N2O2. The van der Waals surface area contributed by atoms with Crippen LogP contribution in [0.25, 0.3) is 0 Å². The van der Waals surface area contributed by atoms with Crippen molar-refractivity contribution >= 4 is 0 Å². The Kier molecular flexibility index (Phi) is 4.81. The molecule has 1 fully saturated rings. The van der Waals surface area contributed by atoms with Crippen LogP contribution < -0.4 is 0 Å². The minimum atomic E-state index is -0.477. The first-order chi connectivity index (χ1) is 8.08. The van der Waals surface area contributed by atoms with Gasteiger partial charge in [0.2, 0.25) is 0 Å². The lowest BCUT2D eigenvalue weighted by atomic mass is 9.83. The van der Waals surface area contributed by atoms with E-state index in [1.165, 1.54) is 5.06 Å². The molecule has 106 valence electrons. The van der Waals surface area contributed by atoms with E-state index in [0.29, 0.717) is 6.42 Å². The second-order valence-electron chi connectivity index (χ2n) is 7.12. The van der Waals surface area contributed by atoms with E-state index >= 15 is 0 Å². The third kappa shape index (κ3) is 3.44. The van der Waals surface area contributed by atoms with Gasteiger partial charge in [-0.1, -0.05) is 0 Å². The van der Waals surface area contributed by atoms with Crippen LogP contribution in [0.15, 0.2) is 0 Å². The molecule has 1 atom stereocenters. The van der Waals surface area contributed by atoms with E-state index in [-0.39, 0.29) is 17.6 Å². The van der Waals surface area contributed by atoms with Crippen LogP contribution in [0, 0.1) is 0 Å². The number of hydrogen-bond acceptors (Lipinski definition) is 2. The van der Waals surface area contributed by atoms with Crippen molar-refractivity contribution in [1.29, 1.82) is 0 Å². The van der Waals surface area contributed by atoms with Crippen molar-refractivity contribution in [2.45, 2.75) is 90.4 Å². The van der Waals surface area contributed by atoms with Crippen LogP contribution in [0.1, 0.15) is 67.2 Å². The van der Waals surface area contributed by atoms with E-state index in [9.17, 15) is 10.4 Å². The van der Waals surface area contributed by atoms with E-state index in [0.717, 1.165) is 24.3 Å². The largest absolute Gasteiger partial charge is 0.147 e. The van der Waals surface area contributed by atoms with Gasteiger partial charge in [-0.3, -0.25) is 0 Å². The van der Waals surface area contributed by atoms with Gasteiger partial charge in [-0.2, -0.15) is 0 Å². The van der Waals surface area contributed by atoms with Gasteiger partial charge in [0.25, 0.3) is 0 Å². The van der Waals surface area contributed by atoms with Crippen LogP contribution in [0.4, 0.5) is 0 Å². The predicted molar refractivity (Wildman–Crippen MR) is 70.6 cm³/mol. The van der Waals surface area contributed by atoms with Crippen molar-refractivity contribution in [2.75, 3.05) is 0 Å². The molecular weight excluding hydrogens is 228 g/mol. The van der Waals surface area contributed by atoms with E-state index in [2.05, 4.69) is 0 Å². The van der Waals surface area contributed by atoms with Crippen molar-refractivity contribution in [2.24, 2.45) is 0 Å². The topological polar surface area (TPSA) is 46.3 Å². The molecule has 0 spiro atoms. The molecule has 1 aliphatic rings. The van der Waals surface area contributed by atoms with E-state index in [1.54, 1.807) is 0 Å². The Labute approximate surface area is 111 Å². The summed E-state index contributed by atoms with van der Waals surface area (Å²) in [5.41, 5.74) is -0.764. The molecule has 0 N–H and O–H groups in total. The Morgan fingerprint density at radius 2 is 1.94 bits per heavy atom. The van der Waals surface area contributed by atoms with E-state index in [1.807, 2.05) is 41.5 Å². The van der Waals surface area contributed by atoms with Gasteiger partial charge in [0, 0.05) is 23.2 Å². The van der Waals surface area contributed by atoms with Gasteiger partial charge < -0.3 is 0 Å². The van der Waals surface area contributed by atoms with Gasteiger partial charge >= 0.3 is 0 Å². The molecule has 0 aromatic heterocycles. The fraction of sp³-hybridized carbons (Fsp3) is 1.00. The number of hydroxylamine groups is 4. The normalized spacial score (nSPS) is 26.0. The van der Waals surface area contributed by atoms with Crippen LogP contribution in [0.2, 0.25) is 0 Å². The zero-order valence-corrected chi connectivity index (χ0v) is 12.7. The molecule has 18 heavy (non-hydrogen) atoms. The number of nitrogens with zero attached hydrogens (tertiary/aromatic N) is 2. The molecule has 0 aromatic rings. The lowest BCUT2D eigenvalue weighted by Gasteiger charge is -2.45. The Morgan fingerprint density at radius 1 is 1.39 bits per heavy atom. The van der Waals surface area contributed by atoms with Gasteiger partial charge in [-0.15, -0.1) is 20.5 Å². The highest BCUT2D eigenvalue weighted by molar-refractivity contribution is 4.91. The summed E-state index contributed by atoms with van der Waals surface area (Å²) in [6.45, 7) is 11.7. The summed E-state index contributed by atoms with van der Waals surface area (Å²) >= 11 is 0. The molecule has 2 radical (unpaired) electrons. The Morgan fingerprint density at radius 3 is 2.44 bits per heavy atom. The number of hydrogen-bond donors (Lipinski definition) is 0. The first-order valence-corrected chi connectivity index (χ1v) is 7.01. The quantitative estimate of drug-likeness (QED) is 0.725. The van der Waals surface area contributed by atoms with Crippen LogP contribution in [-0.4, -0.2) is 33.3 Å². The minimum absolute atomic E-state index is 0.0288. The van der Waals surface area contributed by atoms with Crippen LogP contribution in [0.3, 0.4) is 0 Å². The van der Waals surface area contributed by atoms with Crippen LogP contribution in [-0.2, 0) is 10.4 Å². The SMILES string of the molecule is CC(C)N([O])C(C)(C)CC1CCCC(C)(C)N1[O]. The van der Waals surface area contributed by atoms with Crippen molar-refractivity contribution in [3.05, 3.63) is 0 Å². The summed E-state index contributed by atoms with van der Waals surface area (Å²) in [5.74, 6) is 0. The third-order valence-corrected chi connectivity index (χ3v) is 4.05. The highest BCUT2D eigenvalue weighted by atomic mass is 16.5. The first kappa shape index (κ1) is 15.9. The minimum Gasteiger partial charge on any atom is -0.147 e. The second kappa shape index (κ2) is 5.45. The highest BCUT2D eigenvalue weighted by Gasteiger charge is 2.41. The molecule has 0 aromatic carbocycles. The number of piperidine rings is 1. The van der Waals surface area contributed by atoms with Crippen molar-refractivity contribution in [1.82, 2.24) is 10.1 Å². The summed E-state index contributed by atoms with van der Waals surface area (Å²) in [7, 11) is 0. The molecule has 0 saturated carbocycles. The second-order valence-corrected chi connectivity index (χ2v) is 7.12. The lowest BCUT2D eigenvalue weighted by Crippen LogP contribution is -2.55. The Hall–Kier alpha value is -0.160. The van der Waals surface area contributed by atoms with E-state index in [4.69, 9.17) is 0 Å². The standard InChI is InChI=1S/C14H28N2O2/c1-11(2)15(17)14(5,6)10-12-8-7-9-13(3,4)16(12)18/h11-12H,7-10H2,1-6H3. The van der Waals surface area contributed by atoms with Gasteiger partial charge in [0.15, 0.2) is 0 Å². The molecule has 0 bridgehead atoms. The number of rotatable bonds is 4. The predicted octanol–water partition coefficient (Wildman–Crippen LogP) is 3.19. The first-order valence-electron chi connectivity index (χ1n) is 7.01. The molecule has 1 heterocycles. The Balaban J connectivity index is 2.71. The van der Waals surface area contributed by atoms with Crippen LogP contribution in [0.5, 0.6) is 0 Å². The summed E-state index contributed by atoms with van der Waals surface area (Å²) < 4.78 is 0. The molecule has 1 saturated heterocycles. The fourth-order valence-corrected chi connectivity index (χ4v) is 3.04. The zero-order valence-electron chi connectivity index (χ0n) is 12.7. The lowest BCUT2D eigenvalue weighted by molar-refractivity contribution is -0.282. The van der Waals surface area contributed by atoms with E-state index < -0.39 is 5.54 Å². The molecule has 1 rings (SSSR count). The molecule has 1 aliphatic heterocycles. The van der Waals surface area contributed by atoms with Gasteiger partial charge in [-0.05, 0) is 67.2 Å². The third-order valence-electron chi connectivity index (χ3n) is 4.05. The Bertz CT molecular complexity index is 277. The van der Waals surface area contributed by atoms with Gasteiger partial charge in [0.1, 0.15) is 0 Å². The zero-order chi connectivity index (χ0) is 14.1. The molecule has 4 heteroatoms. The summed E-state index contributed by atoms with van der Waals surface area (Å²) in [4.78, 5) is 0. The monoisotopic (exact) mass is 256 g/mol. The van der Waals surface area contributed by atoms with Gasteiger partial charge in [-0.25, -0.2) is 0 Å². The maximum absolute atomic E-state index is 12.3. The average molecular weight is 256 g/mol.